The monoisotopic (exact) mass is 517 g/mol. The highest BCUT2D eigenvalue weighted by Crippen LogP contribution is 2.37. The van der Waals surface area contributed by atoms with Gasteiger partial charge in [0.25, 0.3) is 0 Å². The molecular weight excluding hydrogens is 508 g/mol. The number of hydrogen-bond donors (Lipinski definition) is 1. The number of pyridine rings is 1. The number of alkyl halides is 6. The van der Waals surface area contributed by atoms with Gasteiger partial charge in [-0.05, 0) is 51.8 Å². The largest absolute Gasteiger partial charge is 0.477 e. The molecule has 32 heavy (non-hydrogen) atoms. The molecule has 0 bridgehead atoms. The van der Waals surface area contributed by atoms with Crippen LogP contribution in [0.15, 0.2) is 46.7 Å². The van der Waals surface area contributed by atoms with E-state index in [4.69, 9.17) is 10.4 Å². The molecule has 0 unspecified atom stereocenters. The molecule has 166 valence electrons. The third-order valence-electron chi connectivity index (χ3n) is 4.39. The topological polar surface area (TPSA) is 78.9 Å². The Balaban J connectivity index is 2.20. The van der Waals surface area contributed by atoms with Crippen LogP contribution in [0.2, 0.25) is 0 Å². The van der Waals surface area contributed by atoms with E-state index in [9.17, 15) is 31.1 Å². The van der Waals surface area contributed by atoms with Crippen molar-refractivity contribution >= 4 is 39.0 Å². The van der Waals surface area contributed by atoms with Crippen molar-refractivity contribution < 1.29 is 36.2 Å². The van der Waals surface area contributed by atoms with Gasteiger partial charge in [-0.3, -0.25) is 0 Å². The molecule has 1 N–H and O–H groups in total. The second-order valence-electron chi connectivity index (χ2n) is 6.59. The van der Waals surface area contributed by atoms with E-state index in [1.165, 1.54) is 29.1 Å². The van der Waals surface area contributed by atoms with E-state index in [1.54, 1.807) is 0 Å². The summed E-state index contributed by atoms with van der Waals surface area (Å²) in [7, 11) is 0. The molecule has 0 aliphatic rings. The summed E-state index contributed by atoms with van der Waals surface area (Å²) in [6.45, 7) is -0.421. The summed E-state index contributed by atoms with van der Waals surface area (Å²) in [4.78, 5) is 15.3. The number of fused-ring (bicyclic) bond motifs is 1. The third-order valence-corrected chi connectivity index (χ3v) is 5.05. The predicted molar refractivity (Wildman–Crippen MR) is 104 cm³/mol. The number of rotatable bonds is 4. The fourth-order valence-corrected chi connectivity index (χ4v) is 3.57. The summed E-state index contributed by atoms with van der Waals surface area (Å²) in [6.07, 6.45) is -6.29. The molecule has 3 rings (SSSR count). The van der Waals surface area contributed by atoms with E-state index >= 15 is 0 Å². The Morgan fingerprint density at radius 1 is 1.16 bits per heavy atom. The molecule has 0 atom stereocenters. The number of nitriles is 1. The first-order valence-corrected chi connectivity index (χ1v) is 9.37. The van der Waals surface area contributed by atoms with Crippen molar-refractivity contribution in [2.24, 2.45) is 0 Å². The Morgan fingerprint density at radius 3 is 2.25 bits per heavy atom. The van der Waals surface area contributed by atoms with Crippen LogP contribution < -0.4 is 0 Å². The van der Waals surface area contributed by atoms with Gasteiger partial charge in [-0.15, -0.1) is 0 Å². The van der Waals surface area contributed by atoms with Crippen LogP contribution in [0.3, 0.4) is 0 Å². The van der Waals surface area contributed by atoms with Crippen molar-refractivity contribution in [3.05, 3.63) is 69.0 Å². The minimum Gasteiger partial charge on any atom is -0.477 e. The summed E-state index contributed by atoms with van der Waals surface area (Å²) in [5.41, 5.74) is -3.45. The van der Waals surface area contributed by atoms with Crippen LogP contribution >= 0.6 is 15.9 Å². The van der Waals surface area contributed by atoms with Gasteiger partial charge in [0.2, 0.25) is 0 Å². The second-order valence-corrected chi connectivity index (χ2v) is 7.45. The molecule has 0 fully saturated rings. The number of aromatic nitrogens is 2. The van der Waals surface area contributed by atoms with E-state index < -0.39 is 41.6 Å². The zero-order valence-electron chi connectivity index (χ0n) is 15.6. The maximum atomic E-state index is 13.2. The summed E-state index contributed by atoms with van der Waals surface area (Å²) < 4.78 is 80.7. The quantitative estimate of drug-likeness (QED) is 0.266. The summed E-state index contributed by atoms with van der Waals surface area (Å²) >= 11 is 3.26. The molecule has 0 aliphatic carbocycles. The zero-order valence-corrected chi connectivity index (χ0v) is 17.2. The molecule has 1 aromatic carbocycles. The van der Waals surface area contributed by atoms with Gasteiger partial charge in [0.05, 0.1) is 11.1 Å². The zero-order chi connectivity index (χ0) is 23.8. The van der Waals surface area contributed by atoms with E-state index in [1.807, 2.05) is 0 Å². The Bertz CT molecular complexity index is 1250. The summed E-state index contributed by atoms with van der Waals surface area (Å²) in [5.74, 6) is -1.50. The normalized spacial score (nSPS) is 12.8. The average molecular weight is 518 g/mol. The number of aliphatic carboxylic acids is 1. The summed E-state index contributed by atoms with van der Waals surface area (Å²) in [6, 6.07) is 4.27. The maximum absolute atomic E-state index is 13.2. The number of nitrogens with zero attached hydrogens (tertiary/aromatic N) is 3. The van der Waals surface area contributed by atoms with E-state index in [0.29, 0.717) is 22.0 Å². The molecule has 2 heterocycles. The Hall–Kier alpha value is -3.33. The lowest BCUT2D eigenvalue weighted by Gasteiger charge is -2.15. The first-order chi connectivity index (χ1) is 14.8. The van der Waals surface area contributed by atoms with Gasteiger partial charge in [0.1, 0.15) is 17.3 Å². The predicted octanol–water partition coefficient (Wildman–Crippen LogP) is 5.88. The van der Waals surface area contributed by atoms with Gasteiger partial charge in [0.15, 0.2) is 0 Å². The Kier molecular flexibility index (Phi) is 6.06. The van der Waals surface area contributed by atoms with Crippen molar-refractivity contribution in [3.8, 4) is 6.07 Å². The molecule has 0 spiro atoms. The first-order valence-electron chi connectivity index (χ1n) is 8.58. The lowest BCUT2D eigenvalue weighted by atomic mass is 10.0. The van der Waals surface area contributed by atoms with E-state index in [-0.39, 0.29) is 22.8 Å². The van der Waals surface area contributed by atoms with Crippen LogP contribution in [0, 0.1) is 11.3 Å². The Morgan fingerprint density at radius 2 is 1.75 bits per heavy atom. The van der Waals surface area contributed by atoms with E-state index in [0.717, 1.165) is 6.08 Å². The standard InChI is InChI=1S/C20H10BrF6N3O2/c21-15-1-2-29-17-16(15)12(5-11(7-28)18(31)32)9-30(17)8-10-3-13(19(22,23)24)6-14(4-10)20(25,26)27/h1-6,9H,8H2,(H,31,32)/b11-5+. The SMILES string of the molecule is N#C/C(=C\c1cn(Cc2cc(C(F)(F)F)cc(C(F)(F)F)c2)c2nccc(Br)c12)C(=O)O. The van der Waals surface area contributed by atoms with Crippen molar-refractivity contribution in [2.45, 2.75) is 18.9 Å². The fourth-order valence-electron chi connectivity index (χ4n) is 3.04. The third kappa shape index (κ3) is 4.77. The first kappa shape index (κ1) is 23.3. The molecule has 5 nitrogen and oxygen atoms in total. The highest BCUT2D eigenvalue weighted by atomic mass is 79.9. The average Bonchev–Trinajstić information content (AvgIpc) is 3.02. The molecule has 0 saturated carbocycles. The molecule has 2 aromatic heterocycles. The van der Waals surface area contributed by atoms with Crippen LogP contribution in [0.1, 0.15) is 22.3 Å². The Labute approximate surface area is 184 Å². The molecular formula is C20H10BrF6N3O2. The number of hydrogen-bond acceptors (Lipinski definition) is 3. The lowest BCUT2D eigenvalue weighted by Crippen LogP contribution is -2.12. The van der Waals surface area contributed by atoms with Gasteiger partial charge < -0.3 is 9.67 Å². The van der Waals surface area contributed by atoms with Crippen LogP contribution in [0.4, 0.5) is 26.3 Å². The minimum absolute atomic E-state index is 0.0341. The highest BCUT2D eigenvalue weighted by molar-refractivity contribution is 9.10. The number of carboxylic acids is 1. The molecule has 3 aromatic rings. The molecule has 12 heteroatoms. The van der Waals surface area contributed by atoms with Gasteiger partial charge in [-0.1, -0.05) is 0 Å². The fraction of sp³-hybridized carbons (Fsp3) is 0.150. The van der Waals surface area contributed by atoms with Gasteiger partial charge >= 0.3 is 18.3 Å². The van der Waals surface area contributed by atoms with Crippen molar-refractivity contribution in [1.82, 2.24) is 9.55 Å². The van der Waals surface area contributed by atoms with Crippen molar-refractivity contribution in [3.63, 3.8) is 0 Å². The van der Waals surface area contributed by atoms with Crippen LogP contribution in [-0.4, -0.2) is 20.6 Å². The molecule has 0 amide bonds. The highest BCUT2D eigenvalue weighted by Gasteiger charge is 2.37. The van der Waals surface area contributed by atoms with Crippen LogP contribution in [0.25, 0.3) is 17.1 Å². The van der Waals surface area contributed by atoms with Crippen molar-refractivity contribution in [2.75, 3.05) is 0 Å². The molecule has 0 aliphatic heterocycles. The molecule has 0 radical (unpaired) electrons. The smallest absolute Gasteiger partial charge is 0.416 e. The van der Waals surface area contributed by atoms with Gasteiger partial charge in [-0.2, -0.15) is 31.6 Å². The molecule has 0 saturated heterocycles. The number of benzene rings is 1. The number of carboxylic acid groups (broad SMARTS) is 1. The van der Waals surface area contributed by atoms with Gasteiger partial charge in [0, 0.05) is 34.4 Å². The van der Waals surface area contributed by atoms with Crippen LogP contribution in [0.5, 0.6) is 0 Å². The number of halogens is 7. The van der Waals surface area contributed by atoms with Crippen LogP contribution in [-0.2, 0) is 23.7 Å². The van der Waals surface area contributed by atoms with Crippen molar-refractivity contribution in [1.29, 1.82) is 5.26 Å². The lowest BCUT2D eigenvalue weighted by molar-refractivity contribution is -0.143. The second kappa shape index (κ2) is 8.31. The number of carbonyl (C=O) groups is 1. The maximum Gasteiger partial charge on any atom is 0.416 e. The summed E-state index contributed by atoms with van der Waals surface area (Å²) in [5, 5.41) is 18.4. The van der Waals surface area contributed by atoms with Gasteiger partial charge in [-0.25, -0.2) is 9.78 Å². The minimum atomic E-state index is -4.99. The van der Waals surface area contributed by atoms with E-state index in [2.05, 4.69) is 20.9 Å².